The topological polar surface area (TPSA) is 21.3 Å². The van der Waals surface area contributed by atoms with E-state index in [1.54, 1.807) is 18.2 Å². The predicted molar refractivity (Wildman–Crippen MR) is 71.3 cm³/mol. The van der Waals surface area contributed by atoms with E-state index in [0.717, 1.165) is 25.4 Å². The first kappa shape index (κ1) is 13.3. The first-order valence-electron chi connectivity index (χ1n) is 6.87. The van der Waals surface area contributed by atoms with Gasteiger partial charge in [0.2, 0.25) is 0 Å². The molecule has 100 valence electrons. The summed E-state index contributed by atoms with van der Waals surface area (Å²) < 4.78 is 19.1. The van der Waals surface area contributed by atoms with Crippen molar-refractivity contribution in [3.8, 4) is 5.75 Å². The third kappa shape index (κ3) is 3.98. The summed E-state index contributed by atoms with van der Waals surface area (Å²) in [5, 5.41) is 3.37. The number of halogens is 1. The quantitative estimate of drug-likeness (QED) is 0.866. The van der Waals surface area contributed by atoms with Gasteiger partial charge >= 0.3 is 0 Å². The molecule has 1 heterocycles. The van der Waals surface area contributed by atoms with E-state index in [1.807, 2.05) is 6.92 Å². The highest BCUT2D eigenvalue weighted by molar-refractivity contribution is 5.23. The Morgan fingerprint density at radius 3 is 2.78 bits per heavy atom. The van der Waals surface area contributed by atoms with Gasteiger partial charge in [0.1, 0.15) is 0 Å². The number of rotatable bonds is 5. The summed E-state index contributed by atoms with van der Waals surface area (Å²) in [5.74, 6) is 0.902. The maximum Gasteiger partial charge on any atom is 0.165 e. The number of benzene rings is 1. The second kappa shape index (κ2) is 6.74. The minimum atomic E-state index is -0.272. The molecular formula is C15H22FNO. The zero-order chi connectivity index (χ0) is 12.8. The molecule has 0 saturated carbocycles. The molecule has 1 aliphatic heterocycles. The van der Waals surface area contributed by atoms with Crippen LogP contribution in [0.5, 0.6) is 5.75 Å². The van der Waals surface area contributed by atoms with E-state index in [2.05, 4.69) is 5.32 Å². The number of piperidine rings is 1. The summed E-state index contributed by atoms with van der Waals surface area (Å²) in [6, 6.07) is 6.62. The van der Waals surface area contributed by atoms with Crippen LogP contribution in [0.25, 0.3) is 0 Å². The Kier molecular flexibility index (Phi) is 5.00. The van der Waals surface area contributed by atoms with Crippen molar-refractivity contribution < 1.29 is 9.13 Å². The van der Waals surface area contributed by atoms with Gasteiger partial charge in [-0.2, -0.15) is 0 Å². The Bertz CT molecular complexity index is 363. The molecule has 1 saturated heterocycles. The zero-order valence-electron chi connectivity index (χ0n) is 11.0. The normalized spacial score (nSPS) is 18.6. The largest absolute Gasteiger partial charge is 0.488 e. The molecule has 0 amide bonds. The van der Waals surface area contributed by atoms with Crippen molar-refractivity contribution in [1.29, 1.82) is 0 Å². The highest BCUT2D eigenvalue weighted by atomic mass is 19.1. The van der Waals surface area contributed by atoms with E-state index in [4.69, 9.17) is 4.74 Å². The van der Waals surface area contributed by atoms with Crippen LogP contribution in [0.1, 0.15) is 32.6 Å². The van der Waals surface area contributed by atoms with E-state index in [9.17, 15) is 4.39 Å². The highest BCUT2D eigenvalue weighted by Crippen LogP contribution is 2.22. The fraction of sp³-hybridized carbons (Fsp3) is 0.600. The summed E-state index contributed by atoms with van der Waals surface area (Å²) in [6.45, 7) is 4.29. The van der Waals surface area contributed by atoms with Crippen LogP contribution >= 0.6 is 0 Å². The van der Waals surface area contributed by atoms with Crippen molar-refractivity contribution in [2.75, 3.05) is 13.1 Å². The lowest BCUT2D eigenvalue weighted by Gasteiger charge is -2.24. The summed E-state index contributed by atoms with van der Waals surface area (Å²) in [6.07, 6.45) is 4.77. The van der Waals surface area contributed by atoms with Gasteiger partial charge in [-0.15, -0.1) is 0 Å². The number of para-hydroxylation sites is 1. The van der Waals surface area contributed by atoms with Crippen molar-refractivity contribution in [2.45, 2.75) is 38.7 Å². The second-order valence-corrected chi connectivity index (χ2v) is 5.13. The van der Waals surface area contributed by atoms with Crippen LogP contribution in [0.4, 0.5) is 4.39 Å². The van der Waals surface area contributed by atoms with E-state index < -0.39 is 0 Å². The lowest BCUT2D eigenvalue weighted by atomic mass is 9.92. The average molecular weight is 251 g/mol. The fourth-order valence-corrected chi connectivity index (χ4v) is 2.46. The molecule has 1 aliphatic rings. The highest BCUT2D eigenvalue weighted by Gasteiger charge is 2.15. The molecule has 0 spiro atoms. The molecule has 0 aliphatic carbocycles. The number of hydrogen-bond donors (Lipinski definition) is 1. The lowest BCUT2D eigenvalue weighted by molar-refractivity contribution is 0.184. The van der Waals surface area contributed by atoms with Gasteiger partial charge in [-0.3, -0.25) is 0 Å². The molecule has 3 heteroatoms. The molecule has 1 atom stereocenters. The minimum absolute atomic E-state index is 0.0804. The van der Waals surface area contributed by atoms with Crippen LogP contribution in [-0.4, -0.2) is 19.2 Å². The van der Waals surface area contributed by atoms with Crippen molar-refractivity contribution in [3.63, 3.8) is 0 Å². The molecule has 2 rings (SSSR count). The Morgan fingerprint density at radius 2 is 2.06 bits per heavy atom. The van der Waals surface area contributed by atoms with Crippen molar-refractivity contribution in [1.82, 2.24) is 5.32 Å². The van der Waals surface area contributed by atoms with Gasteiger partial charge < -0.3 is 10.1 Å². The van der Waals surface area contributed by atoms with E-state index in [1.165, 1.54) is 25.3 Å². The molecule has 2 nitrogen and oxygen atoms in total. The lowest BCUT2D eigenvalue weighted by Crippen LogP contribution is -2.28. The number of ether oxygens (including phenoxy) is 1. The van der Waals surface area contributed by atoms with Crippen LogP contribution in [0.15, 0.2) is 24.3 Å². The van der Waals surface area contributed by atoms with Gasteiger partial charge in [0, 0.05) is 0 Å². The summed E-state index contributed by atoms with van der Waals surface area (Å²) in [5.41, 5.74) is 0. The van der Waals surface area contributed by atoms with Gasteiger partial charge in [0.15, 0.2) is 11.6 Å². The molecule has 1 fully saturated rings. The van der Waals surface area contributed by atoms with E-state index in [-0.39, 0.29) is 11.9 Å². The summed E-state index contributed by atoms with van der Waals surface area (Å²) >= 11 is 0. The van der Waals surface area contributed by atoms with Crippen molar-refractivity contribution in [2.24, 2.45) is 5.92 Å². The first-order valence-corrected chi connectivity index (χ1v) is 6.87. The predicted octanol–water partition coefficient (Wildman–Crippen LogP) is 3.37. The molecule has 1 unspecified atom stereocenters. The van der Waals surface area contributed by atoms with Crippen LogP contribution in [-0.2, 0) is 0 Å². The van der Waals surface area contributed by atoms with Gasteiger partial charge in [0.25, 0.3) is 0 Å². The summed E-state index contributed by atoms with van der Waals surface area (Å²) in [7, 11) is 0. The molecule has 1 aromatic rings. The van der Waals surface area contributed by atoms with Gasteiger partial charge in [0.05, 0.1) is 6.10 Å². The average Bonchev–Trinajstić information content (AvgIpc) is 2.40. The monoisotopic (exact) mass is 251 g/mol. The summed E-state index contributed by atoms with van der Waals surface area (Å²) in [4.78, 5) is 0. The van der Waals surface area contributed by atoms with Crippen molar-refractivity contribution in [3.05, 3.63) is 30.1 Å². The second-order valence-electron chi connectivity index (χ2n) is 5.13. The molecule has 18 heavy (non-hydrogen) atoms. The number of nitrogens with one attached hydrogen (secondary N) is 1. The van der Waals surface area contributed by atoms with Crippen LogP contribution in [0.2, 0.25) is 0 Å². The van der Waals surface area contributed by atoms with Crippen LogP contribution < -0.4 is 10.1 Å². The fourth-order valence-electron chi connectivity index (χ4n) is 2.46. The Hall–Kier alpha value is -1.09. The van der Waals surface area contributed by atoms with Crippen LogP contribution in [0.3, 0.4) is 0 Å². The third-order valence-corrected chi connectivity index (χ3v) is 3.60. The molecular weight excluding hydrogens is 229 g/mol. The molecule has 1 N–H and O–H groups in total. The third-order valence-electron chi connectivity index (χ3n) is 3.60. The Balaban J connectivity index is 1.74. The molecule has 0 bridgehead atoms. The SMILES string of the molecule is CC(CCC1CCNCC1)Oc1ccccc1F. The maximum absolute atomic E-state index is 13.4. The van der Waals surface area contributed by atoms with Gasteiger partial charge in [-0.25, -0.2) is 4.39 Å². The first-order chi connectivity index (χ1) is 8.75. The van der Waals surface area contributed by atoms with Gasteiger partial charge in [-0.1, -0.05) is 12.1 Å². The van der Waals surface area contributed by atoms with Crippen molar-refractivity contribution >= 4 is 0 Å². The Morgan fingerprint density at radius 1 is 1.33 bits per heavy atom. The van der Waals surface area contributed by atoms with Gasteiger partial charge in [-0.05, 0) is 63.7 Å². The molecule has 1 aromatic carbocycles. The maximum atomic E-state index is 13.4. The number of hydrogen-bond acceptors (Lipinski definition) is 2. The molecule has 0 radical (unpaired) electrons. The minimum Gasteiger partial charge on any atom is -0.488 e. The molecule has 0 aromatic heterocycles. The van der Waals surface area contributed by atoms with E-state index >= 15 is 0 Å². The van der Waals surface area contributed by atoms with E-state index in [0.29, 0.717) is 5.75 Å². The Labute approximate surface area is 109 Å². The smallest absolute Gasteiger partial charge is 0.165 e. The standard InChI is InChI=1S/C15H22FNO/c1-12(6-7-13-8-10-17-11-9-13)18-15-5-3-2-4-14(15)16/h2-5,12-13,17H,6-11H2,1H3. The zero-order valence-corrected chi connectivity index (χ0v) is 11.0. The van der Waals surface area contributed by atoms with Crippen LogP contribution in [0, 0.1) is 11.7 Å².